The Morgan fingerprint density at radius 2 is 1.86 bits per heavy atom. The maximum absolute atomic E-state index is 13.1. The highest BCUT2D eigenvalue weighted by molar-refractivity contribution is 6.08. The molecule has 6 nitrogen and oxygen atoms in total. The third-order valence-electron chi connectivity index (χ3n) is 5.46. The Hall–Kier alpha value is -3.28. The predicted molar refractivity (Wildman–Crippen MR) is 114 cm³/mol. The average Bonchev–Trinajstić information content (AvgIpc) is 3.12. The van der Waals surface area contributed by atoms with Crippen molar-refractivity contribution < 1.29 is 14.3 Å². The number of benzene rings is 2. The molecular weight excluding hydrogens is 366 g/mol. The van der Waals surface area contributed by atoms with E-state index in [1.165, 1.54) is 29.0 Å². The summed E-state index contributed by atoms with van der Waals surface area (Å²) in [6.45, 7) is -0.0261. The van der Waals surface area contributed by atoms with Crippen LogP contribution in [0.2, 0.25) is 0 Å². The largest absolute Gasteiger partial charge is 0.497 e. The molecule has 0 fully saturated rings. The van der Waals surface area contributed by atoms with Crippen LogP contribution in [0.1, 0.15) is 34.5 Å². The molecule has 2 aromatic carbocycles. The molecule has 2 N–H and O–H groups in total. The lowest BCUT2D eigenvalue weighted by atomic mass is 9.95. The van der Waals surface area contributed by atoms with Gasteiger partial charge >= 0.3 is 0 Å². The maximum Gasteiger partial charge on any atom is 0.256 e. The zero-order valence-corrected chi connectivity index (χ0v) is 16.7. The SMILES string of the molecule is COc1ccc(NC(=O)CN(C)C(=O)c2cccc3c4c([nH]c23)CCCC4)cc1. The van der Waals surface area contributed by atoms with E-state index in [-0.39, 0.29) is 18.4 Å². The number of aromatic nitrogens is 1. The molecule has 0 saturated heterocycles. The van der Waals surface area contributed by atoms with E-state index in [2.05, 4.69) is 16.4 Å². The number of aryl methyl sites for hydroxylation is 2. The number of carbonyl (C=O) groups excluding carboxylic acids is 2. The third-order valence-corrected chi connectivity index (χ3v) is 5.46. The van der Waals surface area contributed by atoms with Gasteiger partial charge in [0, 0.05) is 23.8 Å². The van der Waals surface area contributed by atoms with Gasteiger partial charge in [0.15, 0.2) is 0 Å². The van der Waals surface area contributed by atoms with Gasteiger partial charge in [0.1, 0.15) is 5.75 Å². The second kappa shape index (κ2) is 7.99. The number of H-pyrrole nitrogens is 1. The van der Waals surface area contributed by atoms with Gasteiger partial charge in [0.25, 0.3) is 5.91 Å². The Morgan fingerprint density at radius 3 is 2.62 bits per heavy atom. The van der Waals surface area contributed by atoms with Crippen LogP contribution in [0.5, 0.6) is 5.75 Å². The summed E-state index contributed by atoms with van der Waals surface area (Å²) in [5, 5.41) is 3.94. The fourth-order valence-corrected chi connectivity index (χ4v) is 3.98. The normalized spacial score (nSPS) is 13.0. The number of para-hydroxylation sites is 1. The summed E-state index contributed by atoms with van der Waals surface area (Å²) in [6.07, 6.45) is 4.43. The van der Waals surface area contributed by atoms with E-state index in [0.29, 0.717) is 11.3 Å². The number of aromatic amines is 1. The highest BCUT2D eigenvalue weighted by Crippen LogP contribution is 2.31. The molecular formula is C23H25N3O3. The number of hydrogen-bond donors (Lipinski definition) is 2. The standard InChI is InChI=1S/C23H25N3O3/c1-26(14-21(27)24-15-10-12-16(29-2)13-11-15)23(28)19-8-5-7-18-17-6-3-4-9-20(17)25-22(18)19/h5,7-8,10-13,25H,3-4,6,9,14H2,1-2H3,(H,24,27). The van der Waals surface area contributed by atoms with Gasteiger partial charge < -0.3 is 19.9 Å². The molecule has 0 bridgehead atoms. The van der Waals surface area contributed by atoms with Gasteiger partial charge in [0.2, 0.25) is 5.91 Å². The van der Waals surface area contributed by atoms with Crippen LogP contribution in [0.3, 0.4) is 0 Å². The summed E-state index contributed by atoms with van der Waals surface area (Å²) in [7, 11) is 3.24. The van der Waals surface area contributed by atoms with Crippen molar-refractivity contribution in [3.8, 4) is 5.75 Å². The number of hydrogen-bond acceptors (Lipinski definition) is 3. The number of anilines is 1. The highest BCUT2D eigenvalue weighted by Gasteiger charge is 2.22. The van der Waals surface area contributed by atoms with E-state index in [4.69, 9.17) is 4.74 Å². The number of nitrogens with one attached hydrogen (secondary N) is 2. The van der Waals surface area contributed by atoms with E-state index < -0.39 is 0 Å². The van der Waals surface area contributed by atoms with Crippen LogP contribution < -0.4 is 10.1 Å². The van der Waals surface area contributed by atoms with Gasteiger partial charge in [0.05, 0.1) is 24.7 Å². The van der Waals surface area contributed by atoms with Crippen molar-refractivity contribution in [2.75, 3.05) is 26.0 Å². The van der Waals surface area contributed by atoms with Crippen molar-refractivity contribution in [3.63, 3.8) is 0 Å². The summed E-state index contributed by atoms with van der Waals surface area (Å²) in [5.74, 6) is 0.306. The Bertz CT molecular complexity index is 1050. The molecule has 0 spiro atoms. The van der Waals surface area contributed by atoms with Gasteiger partial charge in [-0.1, -0.05) is 12.1 Å². The molecule has 0 radical (unpaired) electrons. The number of amides is 2. The fraction of sp³-hybridized carbons (Fsp3) is 0.304. The molecule has 6 heteroatoms. The lowest BCUT2D eigenvalue weighted by Gasteiger charge is -2.17. The summed E-state index contributed by atoms with van der Waals surface area (Å²) >= 11 is 0. The fourth-order valence-electron chi connectivity index (χ4n) is 3.98. The molecule has 1 heterocycles. The Kier molecular flexibility index (Phi) is 5.25. The van der Waals surface area contributed by atoms with Gasteiger partial charge in [-0.3, -0.25) is 9.59 Å². The second-order valence-corrected chi connectivity index (χ2v) is 7.46. The summed E-state index contributed by atoms with van der Waals surface area (Å²) in [5.41, 5.74) is 4.73. The molecule has 0 unspecified atom stereocenters. The Balaban J connectivity index is 1.49. The lowest BCUT2D eigenvalue weighted by Crippen LogP contribution is -2.35. The Morgan fingerprint density at radius 1 is 1.10 bits per heavy atom. The van der Waals surface area contributed by atoms with Crippen molar-refractivity contribution in [1.29, 1.82) is 0 Å². The molecule has 4 rings (SSSR count). The molecule has 150 valence electrons. The van der Waals surface area contributed by atoms with E-state index in [9.17, 15) is 9.59 Å². The predicted octanol–water partition coefficient (Wildman–Crippen LogP) is 3.77. The van der Waals surface area contributed by atoms with Gasteiger partial charge in [-0.2, -0.15) is 0 Å². The minimum absolute atomic E-state index is 0.0261. The minimum atomic E-state index is -0.246. The lowest BCUT2D eigenvalue weighted by molar-refractivity contribution is -0.116. The quantitative estimate of drug-likeness (QED) is 0.695. The first-order valence-electron chi connectivity index (χ1n) is 9.88. The van der Waals surface area contributed by atoms with Crippen molar-refractivity contribution >= 4 is 28.4 Å². The molecule has 1 aliphatic carbocycles. The van der Waals surface area contributed by atoms with Crippen molar-refractivity contribution in [3.05, 3.63) is 59.3 Å². The number of methoxy groups -OCH3 is 1. The topological polar surface area (TPSA) is 74.4 Å². The van der Waals surface area contributed by atoms with Gasteiger partial charge in [-0.05, 0) is 61.6 Å². The number of nitrogens with zero attached hydrogens (tertiary/aromatic N) is 1. The molecule has 29 heavy (non-hydrogen) atoms. The summed E-state index contributed by atoms with van der Waals surface area (Å²) in [4.78, 5) is 30.4. The molecule has 2 amide bonds. The monoisotopic (exact) mass is 391 g/mol. The van der Waals surface area contributed by atoms with Gasteiger partial charge in [-0.25, -0.2) is 0 Å². The first-order valence-corrected chi connectivity index (χ1v) is 9.88. The second-order valence-electron chi connectivity index (χ2n) is 7.46. The van der Waals surface area contributed by atoms with E-state index in [1.54, 1.807) is 38.4 Å². The third kappa shape index (κ3) is 3.83. The van der Waals surface area contributed by atoms with Crippen molar-refractivity contribution in [2.45, 2.75) is 25.7 Å². The van der Waals surface area contributed by atoms with Crippen LogP contribution >= 0.6 is 0 Å². The smallest absolute Gasteiger partial charge is 0.256 e. The van der Waals surface area contributed by atoms with Crippen LogP contribution in [0, 0.1) is 0 Å². The van der Waals surface area contributed by atoms with E-state index >= 15 is 0 Å². The summed E-state index contributed by atoms with van der Waals surface area (Å²) in [6, 6.07) is 12.9. The number of likely N-dealkylation sites (N-methyl/N-ethyl adjacent to an activating group) is 1. The Labute approximate surface area is 169 Å². The van der Waals surface area contributed by atoms with Gasteiger partial charge in [-0.15, -0.1) is 0 Å². The first kappa shape index (κ1) is 19.1. The highest BCUT2D eigenvalue weighted by atomic mass is 16.5. The van der Waals surface area contributed by atoms with Crippen LogP contribution in [0.25, 0.3) is 10.9 Å². The molecule has 1 aliphatic rings. The van der Waals surface area contributed by atoms with Crippen molar-refractivity contribution in [1.82, 2.24) is 9.88 Å². The number of ether oxygens (including phenoxy) is 1. The maximum atomic E-state index is 13.1. The number of rotatable bonds is 5. The average molecular weight is 391 g/mol. The summed E-state index contributed by atoms with van der Waals surface area (Å²) < 4.78 is 5.12. The molecule has 3 aromatic rings. The number of carbonyl (C=O) groups is 2. The zero-order valence-electron chi connectivity index (χ0n) is 16.7. The van der Waals surface area contributed by atoms with Crippen molar-refractivity contribution in [2.24, 2.45) is 0 Å². The van der Waals surface area contributed by atoms with Crippen LogP contribution in [0.15, 0.2) is 42.5 Å². The molecule has 0 aliphatic heterocycles. The molecule has 0 saturated carbocycles. The van der Waals surface area contributed by atoms with E-state index in [1.807, 2.05) is 12.1 Å². The minimum Gasteiger partial charge on any atom is -0.497 e. The van der Waals surface area contributed by atoms with Crippen LogP contribution in [-0.4, -0.2) is 42.4 Å². The van der Waals surface area contributed by atoms with E-state index in [0.717, 1.165) is 29.5 Å². The van der Waals surface area contributed by atoms with Crippen LogP contribution in [0.4, 0.5) is 5.69 Å². The molecule has 0 atom stereocenters. The zero-order chi connectivity index (χ0) is 20.4. The van der Waals surface area contributed by atoms with Crippen LogP contribution in [-0.2, 0) is 17.6 Å². The number of fused-ring (bicyclic) bond motifs is 3. The first-order chi connectivity index (χ1) is 14.1. The molecule has 1 aromatic heterocycles.